The van der Waals surface area contributed by atoms with E-state index in [2.05, 4.69) is 13.8 Å². The average molecular weight is 431 g/mol. The van der Waals surface area contributed by atoms with E-state index < -0.39 is 23.9 Å². The molecular formula is C25H28F3NO2. The van der Waals surface area contributed by atoms with Crippen molar-refractivity contribution in [2.24, 2.45) is 5.41 Å². The van der Waals surface area contributed by atoms with Crippen LogP contribution in [0.3, 0.4) is 0 Å². The molecule has 0 amide bonds. The fourth-order valence-corrected chi connectivity index (χ4v) is 5.81. The van der Waals surface area contributed by atoms with Crippen LogP contribution in [0.2, 0.25) is 0 Å². The van der Waals surface area contributed by atoms with Gasteiger partial charge >= 0.3 is 6.18 Å². The number of fused-ring (bicyclic) bond motifs is 2. The summed E-state index contributed by atoms with van der Waals surface area (Å²) in [7, 11) is 0. The largest absolute Gasteiger partial charge is 0.416 e. The van der Waals surface area contributed by atoms with Crippen LogP contribution in [0.25, 0.3) is 0 Å². The molecule has 3 aliphatic rings. The molecule has 1 aromatic carbocycles. The zero-order chi connectivity index (χ0) is 22.0. The van der Waals surface area contributed by atoms with Gasteiger partial charge in [0, 0.05) is 16.8 Å². The first-order valence-corrected chi connectivity index (χ1v) is 11.2. The van der Waals surface area contributed by atoms with Crippen molar-refractivity contribution in [2.45, 2.75) is 83.3 Å². The van der Waals surface area contributed by atoms with Crippen LogP contribution in [0.1, 0.15) is 103 Å². The zero-order valence-electron chi connectivity index (χ0n) is 17.9. The number of halogens is 3. The molecule has 3 nitrogen and oxygen atoms in total. The van der Waals surface area contributed by atoms with E-state index in [1.165, 1.54) is 17.7 Å². The van der Waals surface area contributed by atoms with Crippen molar-refractivity contribution in [1.82, 2.24) is 4.98 Å². The fourth-order valence-electron chi connectivity index (χ4n) is 5.81. The predicted octanol–water partition coefficient (Wildman–Crippen LogP) is 6.38. The number of aliphatic hydroxyl groups is 1. The Morgan fingerprint density at radius 1 is 1.00 bits per heavy atom. The third-order valence-electron chi connectivity index (χ3n) is 7.15. The number of aliphatic hydroxyl groups excluding tert-OH is 1. The number of alkyl halides is 3. The van der Waals surface area contributed by atoms with Gasteiger partial charge in [0.2, 0.25) is 0 Å². The van der Waals surface area contributed by atoms with Crippen LogP contribution in [0.5, 0.6) is 0 Å². The summed E-state index contributed by atoms with van der Waals surface area (Å²) in [4.78, 5) is 4.94. The Balaban J connectivity index is 1.64. The van der Waals surface area contributed by atoms with Crippen LogP contribution in [0, 0.1) is 5.41 Å². The van der Waals surface area contributed by atoms with Crippen LogP contribution in [0.15, 0.2) is 24.3 Å². The van der Waals surface area contributed by atoms with Gasteiger partial charge in [-0.3, -0.25) is 4.98 Å². The van der Waals surface area contributed by atoms with Gasteiger partial charge in [0.25, 0.3) is 0 Å². The number of benzene rings is 1. The highest BCUT2D eigenvalue weighted by Gasteiger charge is 2.41. The maximum atomic E-state index is 13.0. The Kier molecular flexibility index (Phi) is 4.94. The molecule has 1 saturated carbocycles. The van der Waals surface area contributed by atoms with E-state index in [4.69, 9.17) is 9.72 Å². The molecule has 166 valence electrons. The maximum absolute atomic E-state index is 13.0. The van der Waals surface area contributed by atoms with Gasteiger partial charge in [-0.05, 0) is 60.3 Å². The van der Waals surface area contributed by atoms with Crippen LogP contribution in [-0.2, 0) is 23.9 Å². The molecule has 1 aliphatic heterocycles. The van der Waals surface area contributed by atoms with E-state index in [9.17, 15) is 18.3 Å². The Labute approximate surface area is 180 Å². The number of nitrogens with zero attached hydrogens (tertiary/aromatic N) is 1. The van der Waals surface area contributed by atoms with E-state index in [1.807, 2.05) is 0 Å². The first-order valence-electron chi connectivity index (χ1n) is 11.2. The lowest BCUT2D eigenvalue weighted by atomic mass is 9.71. The molecule has 1 aromatic heterocycles. The first-order chi connectivity index (χ1) is 14.6. The molecule has 1 N–H and O–H groups in total. The molecule has 0 bridgehead atoms. The summed E-state index contributed by atoms with van der Waals surface area (Å²) < 4.78 is 45.2. The number of ether oxygens (including phenoxy) is 1. The molecule has 2 atom stereocenters. The van der Waals surface area contributed by atoms with E-state index in [1.54, 1.807) is 0 Å². The topological polar surface area (TPSA) is 42.4 Å². The SMILES string of the molecule is CC1(C)Cc2nc3c(c(C4CCCC4)c2[C@@H](O)C1)C(c1ccc(C(F)(F)F)cc1)OC3. The molecule has 5 rings (SSSR count). The quantitative estimate of drug-likeness (QED) is 0.600. The van der Waals surface area contributed by atoms with Gasteiger partial charge in [-0.25, -0.2) is 0 Å². The molecule has 2 heterocycles. The van der Waals surface area contributed by atoms with Crippen molar-refractivity contribution in [2.75, 3.05) is 0 Å². The molecule has 0 saturated heterocycles. The highest BCUT2D eigenvalue weighted by atomic mass is 19.4. The molecule has 2 aromatic rings. The number of hydrogen-bond acceptors (Lipinski definition) is 3. The van der Waals surface area contributed by atoms with Gasteiger partial charge in [-0.15, -0.1) is 0 Å². The standard InChI is InChI=1S/C25H28F3NO2/c1-24(2)11-17-21(19(30)12-24)20(14-5-3-4-6-14)22-18(29-17)13-31-23(22)15-7-9-16(10-8-15)25(26,27)28/h7-10,14,19,23,30H,3-6,11-13H2,1-2H3/t19-,23?/m0/s1. The molecule has 31 heavy (non-hydrogen) atoms. The van der Waals surface area contributed by atoms with Crippen molar-refractivity contribution in [3.63, 3.8) is 0 Å². The summed E-state index contributed by atoms with van der Waals surface area (Å²) >= 11 is 0. The Bertz CT molecular complexity index is 991. The number of rotatable bonds is 2. The minimum Gasteiger partial charge on any atom is -0.388 e. The van der Waals surface area contributed by atoms with E-state index in [0.29, 0.717) is 24.5 Å². The van der Waals surface area contributed by atoms with Crippen molar-refractivity contribution >= 4 is 0 Å². The average Bonchev–Trinajstić information content (AvgIpc) is 3.35. The second kappa shape index (κ2) is 7.31. The monoisotopic (exact) mass is 431 g/mol. The van der Waals surface area contributed by atoms with Gasteiger partial charge in [0.05, 0.1) is 24.0 Å². The highest BCUT2D eigenvalue weighted by Crippen LogP contribution is 2.51. The van der Waals surface area contributed by atoms with Crippen LogP contribution >= 0.6 is 0 Å². The zero-order valence-corrected chi connectivity index (χ0v) is 17.9. The van der Waals surface area contributed by atoms with Gasteiger partial charge in [-0.2, -0.15) is 13.2 Å². The molecule has 0 radical (unpaired) electrons. The van der Waals surface area contributed by atoms with Crippen molar-refractivity contribution in [3.05, 3.63) is 63.5 Å². The molecule has 2 aliphatic carbocycles. The van der Waals surface area contributed by atoms with E-state index >= 15 is 0 Å². The van der Waals surface area contributed by atoms with Gasteiger partial charge in [0.1, 0.15) is 6.10 Å². The van der Waals surface area contributed by atoms with Crippen molar-refractivity contribution in [3.8, 4) is 0 Å². The lowest BCUT2D eigenvalue weighted by Crippen LogP contribution is -2.29. The predicted molar refractivity (Wildman–Crippen MR) is 111 cm³/mol. The molecule has 0 spiro atoms. The maximum Gasteiger partial charge on any atom is 0.416 e. The Morgan fingerprint density at radius 2 is 1.68 bits per heavy atom. The summed E-state index contributed by atoms with van der Waals surface area (Å²) in [5.41, 5.74) is 5.01. The highest BCUT2D eigenvalue weighted by molar-refractivity contribution is 5.51. The normalized spacial score (nSPS) is 25.5. The van der Waals surface area contributed by atoms with Gasteiger partial charge in [-0.1, -0.05) is 38.8 Å². The van der Waals surface area contributed by atoms with E-state index in [0.717, 1.165) is 66.8 Å². The van der Waals surface area contributed by atoms with Crippen LogP contribution in [-0.4, -0.2) is 10.1 Å². The van der Waals surface area contributed by atoms with Crippen molar-refractivity contribution < 1.29 is 23.0 Å². The van der Waals surface area contributed by atoms with Crippen LogP contribution < -0.4 is 0 Å². The summed E-state index contributed by atoms with van der Waals surface area (Å²) in [6.45, 7) is 4.67. The second-order valence-corrected chi connectivity index (χ2v) is 10.1. The minimum absolute atomic E-state index is 0.0209. The summed E-state index contributed by atoms with van der Waals surface area (Å²) in [6, 6.07) is 5.27. The van der Waals surface area contributed by atoms with Crippen molar-refractivity contribution in [1.29, 1.82) is 0 Å². The molecule has 1 fully saturated rings. The molecular weight excluding hydrogens is 403 g/mol. The minimum atomic E-state index is -4.36. The number of aromatic nitrogens is 1. The Hall–Kier alpha value is -1.92. The third-order valence-corrected chi connectivity index (χ3v) is 7.15. The first kappa shape index (κ1) is 21.0. The summed E-state index contributed by atoms with van der Waals surface area (Å²) in [5, 5.41) is 11.1. The molecule has 6 heteroatoms. The molecule has 1 unspecified atom stereocenters. The van der Waals surface area contributed by atoms with E-state index in [-0.39, 0.29) is 5.41 Å². The lowest BCUT2D eigenvalue weighted by molar-refractivity contribution is -0.137. The summed E-state index contributed by atoms with van der Waals surface area (Å²) in [5.74, 6) is 0.347. The number of hydrogen-bond donors (Lipinski definition) is 1. The second-order valence-electron chi connectivity index (χ2n) is 10.1. The van der Waals surface area contributed by atoms with Gasteiger partial charge in [0.15, 0.2) is 0 Å². The summed E-state index contributed by atoms with van der Waals surface area (Å²) in [6.07, 6.45) is 0.586. The fraction of sp³-hybridized carbons (Fsp3) is 0.560. The van der Waals surface area contributed by atoms with Gasteiger partial charge < -0.3 is 9.84 Å². The van der Waals surface area contributed by atoms with Crippen LogP contribution in [0.4, 0.5) is 13.2 Å². The number of pyridine rings is 1. The lowest BCUT2D eigenvalue weighted by Gasteiger charge is -2.37. The smallest absolute Gasteiger partial charge is 0.388 e. The Morgan fingerprint density at radius 3 is 2.32 bits per heavy atom. The third kappa shape index (κ3) is 3.68.